The number of anilines is 2. The fourth-order valence-electron chi connectivity index (χ4n) is 4.03. The Morgan fingerprint density at radius 3 is 2.86 bits per heavy atom. The quantitative estimate of drug-likeness (QED) is 0.741. The van der Waals surface area contributed by atoms with E-state index in [0.29, 0.717) is 12.6 Å². The second kappa shape index (κ2) is 9.24. The van der Waals surface area contributed by atoms with Gasteiger partial charge in [-0.2, -0.15) is 4.98 Å². The van der Waals surface area contributed by atoms with Crippen LogP contribution in [0, 0.1) is 5.82 Å². The number of hydrogen-bond acceptors (Lipinski definition) is 6. The van der Waals surface area contributed by atoms with E-state index in [1.54, 1.807) is 6.07 Å². The summed E-state index contributed by atoms with van der Waals surface area (Å²) in [5, 5.41) is 0.169. The lowest BCUT2D eigenvalue weighted by molar-refractivity contribution is 0.122. The second-order valence-corrected chi connectivity index (χ2v) is 8.11. The van der Waals surface area contributed by atoms with E-state index in [1.165, 1.54) is 6.07 Å². The largest absolute Gasteiger partial charge is 0.378 e. The molecule has 3 heterocycles. The third kappa shape index (κ3) is 4.97. The monoisotopic (exact) mass is 419 g/mol. The minimum Gasteiger partial charge on any atom is -0.378 e. The Balaban J connectivity index is 1.41. The highest BCUT2D eigenvalue weighted by Crippen LogP contribution is 2.23. The van der Waals surface area contributed by atoms with Gasteiger partial charge >= 0.3 is 0 Å². The second-order valence-electron chi connectivity index (χ2n) is 7.70. The molecular formula is C21H27ClFN5O. The van der Waals surface area contributed by atoms with Crippen molar-refractivity contribution < 1.29 is 9.13 Å². The topological polar surface area (TPSA) is 44.7 Å². The van der Waals surface area contributed by atoms with Crippen LogP contribution in [-0.4, -0.2) is 67.4 Å². The number of likely N-dealkylation sites (N-methyl/N-ethyl adjacent to an activating group) is 1. The van der Waals surface area contributed by atoms with Crippen molar-refractivity contribution >= 4 is 23.4 Å². The lowest BCUT2D eigenvalue weighted by Gasteiger charge is -2.38. The number of morpholine rings is 1. The normalized spacial score (nSPS) is 20.7. The van der Waals surface area contributed by atoms with Crippen LogP contribution in [0.2, 0.25) is 5.02 Å². The molecule has 2 aliphatic rings. The number of aromatic nitrogens is 2. The number of benzene rings is 1. The summed E-state index contributed by atoms with van der Waals surface area (Å²) in [6.07, 6.45) is 4.02. The summed E-state index contributed by atoms with van der Waals surface area (Å²) in [5.41, 5.74) is 0.945. The van der Waals surface area contributed by atoms with Gasteiger partial charge in [0.15, 0.2) is 0 Å². The van der Waals surface area contributed by atoms with Gasteiger partial charge in [0.05, 0.1) is 18.2 Å². The summed E-state index contributed by atoms with van der Waals surface area (Å²) in [7, 11) is 2.06. The molecular weight excluding hydrogens is 393 g/mol. The van der Waals surface area contributed by atoms with Crippen LogP contribution in [0.15, 0.2) is 30.5 Å². The van der Waals surface area contributed by atoms with Crippen molar-refractivity contribution in [3.05, 3.63) is 46.9 Å². The van der Waals surface area contributed by atoms with Gasteiger partial charge in [0.1, 0.15) is 11.6 Å². The molecule has 2 aromatic rings. The van der Waals surface area contributed by atoms with Crippen molar-refractivity contribution in [2.75, 3.05) is 56.2 Å². The van der Waals surface area contributed by atoms with Crippen molar-refractivity contribution in [3.8, 4) is 0 Å². The molecule has 0 amide bonds. The van der Waals surface area contributed by atoms with Crippen LogP contribution in [-0.2, 0) is 11.3 Å². The lowest BCUT2D eigenvalue weighted by Crippen LogP contribution is -2.47. The zero-order valence-electron chi connectivity index (χ0n) is 16.7. The zero-order chi connectivity index (χ0) is 20.2. The highest BCUT2D eigenvalue weighted by Gasteiger charge is 2.25. The Labute approximate surface area is 176 Å². The summed E-state index contributed by atoms with van der Waals surface area (Å²) >= 11 is 5.81. The molecule has 6 nitrogen and oxygen atoms in total. The Morgan fingerprint density at radius 2 is 2.07 bits per heavy atom. The van der Waals surface area contributed by atoms with Gasteiger partial charge in [-0.05, 0) is 43.1 Å². The first-order valence-electron chi connectivity index (χ1n) is 10.1. The van der Waals surface area contributed by atoms with Gasteiger partial charge < -0.3 is 14.5 Å². The van der Waals surface area contributed by atoms with Crippen molar-refractivity contribution in [2.45, 2.75) is 25.4 Å². The molecule has 1 aromatic carbocycles. The summed E-state index contributed by atoms with van der Waals surface area (Å²) < 4.78 is 19.2. The molecule has 1 atom stereocenters. The molecule has 29 heavy (non-hydrogen) atoms. The summed E-state index contributed by atoms with van der Waals surface area (Å²) in [6, 6.07) is 7.34. The van der Waals surface area contributed by atoms with Gasteiger partial charge in [0.2, 0.25) is 5.95 Å². The van der Waals surface area contributed by atoms with E-state index in [4.69, 9.17) is 21.3 Å². The SMILES string of the molecule is CN(c1nccc(N2CCOCC2)n1)C1CCCN(Cc2ccc(Cl)c(F)c2)C1. The van der Waals surface area contributed by atoms with Crippen molar-refractivity contribution in [1.29, 1.82) is 0 Å². The van der Waals surface area contributed by atoms with Gasteiger partial charge in [-0.15, -0.1) is 0 Å². The van der Waals surface area contributed by atoms with Crippen molar-refractivity contribution in [3.63, 3.8) is 0 Å². The maximum atomic E-state index is 13.8. The summed E-state index contributed by atoms with van der Waals surface area (Å²) in [4.78, 5) is 16.1. The number of piperidine rings is 1. The molecule has 0 N–H and O–H groups in total. The fraction of sp³-hybridized carbons (Fsp3) is 0.524. The van der Waals surface area contributed by atoms with Crippen LogP contribution in [0.3, 0.4) is 0 Å². The molecule has 2 aliphatic heterocycles. The summed E-state index contributed by atoms with van der Waals surface area (Å²) in [5.74, 6) is 1.34. The van der Waals surface area contributed by atoms with E-state index in [9.17, 15) is 4.39 Å². The minimum atomic E-state index is -0.358. The minimum absolute atomic E-state index is 0.169. The van der Waals surface area contributed by atoms with Gasteiger partial charge in [-0.3, -0.25) is 4.90 Å². The Kier molecular flexibility index (Phi) is 6.47. The van der Waals surface area contributed by atoms with Gasteiger partial charge in [0.25, 0.3) is 0 Å². The molecule has 2 fully saturated rings. The van der Waals surface area contributed by atoms with E-state index in [0.717, 1.165) is 69.6 Å². The first kappa shape index (κ1) is 20.3. The molecule has 156 valence electrons. The molecule has 0 bridgehead atoms. The highest BCUT2D eigenvalue weighted by atomic mass is 35.5. The lowest BCUT2D eigenvalue weighted by atomic mass is 10.0. The van der Waals surface area contributed by atoms with Crippen LogP contribution in [0.1, 0.15) is 18.4 Å². The van der Waals surface area contributed by atoms with E-state index in [2.05, 4.69) is 26.7 Å². The van der Waals surface area contributed by atoms with Gasteiger partial charge in [0, 0.05) is 45.5 Å². The van der Waals surface area contributed by atoms with Crippen molar-refractivity contribution in [2.24, 2.45) is 0 Å². The molecule has 2 saturated heterocycles. The molecule has 0 aliphatic carbocycles. The number of hydrogen-bond donors (Lipinski definition) is 0. The van der Waals surface area contributed by atoms with E-state index in [1.807, 2.05) is 18.3 Å². The molecule has 1 unspecified atom stereocenters. The van der Waals surface area contributed by atoms with E-state index < -0.39 is 0 Å². The predicted molar refractivity (Wildman–Crippen MR) is 113 cm³/mol. The zero-order valence-corrected chi connectivity index (χ0v) is 17.5. The fourth-order valence-corrected chi connectivity index (χ4v) is 4.15. The molecule has 0 radical (unpaired) electrons. The number of nitrogens with zero attached hydrogens (tertiary/aromatic N) is 5. The average molecular weight is 420 g/mol. The molecule has 0 spiro atoms. The molecule has 4 rings (SSSR count). The number of likely N-dealkylation sites (tertiary alicyclic amines) is 1. The standard InChI is InChI=1S/C21H27ClFN5O/c1-26(21-24-7-6-20(25-21)28-9-11-29-12-10-28)17-3-2-8-27(15-17)14-16-4-5-18(22)19(23)13-16/h4-7,13,17H,2-3,8-12,14-15H2,1H3. The maximum absolute atomic E-state index is 13.8. The Hall–Kier alpha value is -1.96. The predicted octanol–water partition coefficient (Wildman–Crippen LogP) is 3.21. The smallest absolute Gasteiger partial charge is 0.227 e. The van der Waals surface area contributed by atoms with Crippen LogP contribution in [0.25, 0.3) is 0 Å². The van der Waals surface area contributed by atoms with Crippen LogP contribution < -0.4 is 9.80 Å². The third-order valence-corrected chi connectivity index (χ3v) is 6.00. The van der Waals surface area contributed by atoms with Gasteiger partial charge in [-0.1, -0.05) is 17.7 Å². The highest BCUT2D eigenvalue weighted by molar-refractivity contribution is 6.30. The Bertz CT molecular complexity index is 832. The van der Waals surface area contributed by atoms with Crippen molar-refractivity contribution in [1.82, 2.24) is 14.9 Å². The molecule has 0 saturated carbocycles. The average Bonchev–Trinajstić information content (AvgIpc) is 2.77. The number of ether oxygens (including phenoxy) is 1. The maximum Gasteiger partial charge on any atom is 0.227 e. The van der Waals surface area contributed by atoms with E-state index in [-0.39, 0.29) is 10.8 Å². The number of rotatable bonds is 5. The van der Waals surface area contributed by atoms with Crippen LogP contribution in [0.4, 0.5) is 16.2 Å². The first-order valence-corrected chi connectivity index (χ1v) is 10.5. The van der Waals surface area contributed by atoms with Crippen LogP contribution >= 0.6 is 11.6 Å². The Morgan fingerprint density at radius 1 is 1.24 bits per heavy atom. The van der Waals surface area contributed by atoms with E-state index >= 15 is 0 Å². The number of halogens is 2. The van der Waals surface area contributed by atoms with Crippen LogP contribution in [0.5, 0.6) is 0 Å². The molecule has 1 aromatic heterocycles. The third-order valence-electron chi connectivity index (χ3n) is 5.70. The first-order chi connectivity index (χ1) is 14.1. The summed E-state index contributed by atoms with van der Waals surface area (Å²) in [6.45, 7) is 5.79. The van der Waals surface area contributed by atoms with Gasteiger partial charge in [-0.25, -0.2) is 9.37 Å². The molecule has 8 heteroatoms.